The molecule has 2 unspecified atom stereocenters. The number of benzene rings is 1. The largest absolute Gasteiger partial charge is 0.456 e. The molecule has 19 heavy (non-hydrogen) atoms. The lowest BCUT2D eigenvalue weighted by atomic mass is 10.0. The van der Waals surface area contributed by atoms with Crippen LogP contribution in [0.4, 0.5) is 0 Å². The van der Waals surface area contributed by atoms with Crippen LogP contribution in [0.15, 0.2) is 30.3 Å². The first-order valence-corrected chi connectivity index (χ1v) is 6.35. The van der Waals surface area contributed by atoms with Crippen molar-refractivity contribution in [3.8, 4) is 0 Å². The Bertz CT molecular complexity index is 379. The molecule has 2 atom stereocenters. The standard InChI is InChI=1S/C15H23NO2.ClH/c1-11(2)15(17)18-14(12(3)16(4)5)13-9-7-6-8-10-13;/h6-12,14H,1-5H3;1H. The molecule has 0 amide bonds. The van der Waals surface area contributed by atoms with Crippen LogP contribution >= 0.6 is 12.4 Å². The predicted molar refractivity (Wildman–Crippen MR) is 80.5 cm³/mol. The molecule has 1 rings (SSSR count). The van der Waals surface area contributed by atoms with E-state index < -0.39 is 0 Å². The van der Waals surface area contributed by atoms with Gasteiger partial charge in [-0.25, -0.2) is 0 Å². The smallest absolute Gasteiger partial charge is 0.309 e. The third-order valence-electron chi connectivity index (χ3n) is 3.10. The third kappa shape index (κ3) is 5.21. The number of carbonyl (C=O) groups is 1. The van der Waals surface area contributed by atoms with E-state index in [0.717, 1.165) is 5.56 Å². The summed E-state index contributed by atoms with van der Waals surface area (Å²) >= 11 is 0. The molecule has 108 valence electrons. The number of esters is 1. The van der Waals surface area contributed by atoms with Crippen LogP contribution in [-0.2, 0) is 9.53 Å². The molecule has 0 aromatic heterocycles. The number of rotatable bonds is 5. The molecule has 1 aromatic carbocycles. The van der Waals surface area contributed by atoms with Crippen LogP contribution < -0.4 is 0 Å². The molecule has 0 aliphatic carbocycles. The molecule has 0 bridgehead atoms. The average molecular weight is 286 g/mol. The van der Waals surface area contributed by atoms with Gasteiger partial charge in [0.15, 0.2) is 0 Å². The van der Waals surface area contributed by atoms with Gasteiger partial charge in [0.25, 0.3) is 0 Å². The summed E-state index contributed by atoms with van der Waals surface area (Å²) in [5.41, 5.74) is 1.03. The van der Waals surface area contributed by atoms with Gasteiger partial charge >= 0.3 is 5.97 Å². The van der Waals surface area contributed by atoms with Gasteiger partial charge < -0.3 is 9.64 Å². The number of nitrogens with zero attached hydrogens (tertiary/aromatic N) is 1. The van der Waals surface area contributed by atoms with Crippen molar-refractivity contribution < 1.29 is 9.53 Å². The van der Waals surface area contributed by atoms with Crippen LogP contribution in [0.2, 0.25) is 0 Å². The van der Waals surface area contributed by atoms with Crippen molar-refractivity contribution in [2.75, 3.05) is 14.1 Å². The highest BCUT2D eigenvalue weighted by Crippen LogP contribution is 2.24. The molecule has 0 aliphatic heterocycles. The third-order valence-corrected chi connectivity index (χ3v) is 3.10. The van der Waals surface area contributed by atoms with Gasteiger partial charge in [0.2, 0.25) is 0 Å². The Labute approximate surface area is 122 Å². The fraction of sp³-hybridized carbons (Fsp3) is 0.533. The monoisotopic (exact) mass is 285 g/mol. The number of carbonyl (C=O) groups excluding carboxylic acids is 1. The van der Waals surface area contributed by atoms with Crippen molar-refractivity contribution in [1.29, 1.82) is 0 Å². The molecule has 0 saturated carbocycles. The van der Waals surface area contributed by atoms with E-state index in [1.807, 2.05) is 58.3 Å². The van der Waals surface area contributed by atoms with Crippen LogP contribution in [0.25, 0.3) is 0 Å². The van der Waals surface area contributed by atoms with E-state index in [1.54, 1.807) is 0 Å². The molecule has 0 heterocycles. The molecular weight excluding hydrogens is 262 g/mol. The van der Waals surface area contributed by atoms with E-state index in [-0.39, 0.29) is 36.4 Å². The first kappa shape index (κ1) is 17.9. The molecule has 0 saturated heterocycles. The second kappa shape index (κ2) is 8.18. The zero-order chi connectivity index (χ0) is 13.7. The van der Waals surface area contributed by atoms with Crippen molar-refractivity contribution in [2.45, 2.75) is 32.9 Å². The molecule has 0 fully saturated rings. The Kier molecular flexibility index (Phi) is 7.72. The van der Waals surface area contributed by atoms with E-state index in [0.29, 0.717) is 0 Å². The van der Waals surface area contributed by atoms with Crippen molar-refractivity contribution in [3.63, 3.8) is 0 Å². The molecule has 0 radical (unpaired) electrons. The van der Waals surface area contributed by atoms with E-state index in [9.17, 15) is 4.79 Å². The van der Waals surface area contributed by atoms with Gasteiger partial charge in [-0.05, 0) is 26.6 Å². The van der Waals surface area contributed by atoms with Gasteiger partial charge in [-0.15, -0.1) is 12.4 Å². The van der Waals surface area contributed by atoms with E-state index in [1.165, 1.54) is 0 Å². The van der Waals surface area contributed by atoms with E-state index >= 15 is 0 Å². The van der Waals surface area contributed by atoms with E-state index in [2.05, 4.69) is 11.8 Å². The summed E-state index contributed by atoms with van der Waals surface area (Å²) in [7, 11) is 3.98. The number of hydrogen-bond acceptors (Lipinski definition) is 3. The zero-order valence-corrected chi connectivity index (χ0v) is 13.1. The Morgan fingerprint density at radius 1 is 1.11 bits per heavy atom. The van der Waals surface area contributed by atoms with Gasteiger partial charge in [0.1, 0.15) is 6.10 Å². The lowest BCUT2D eigenvalue weighted by Crippen LogP contribution is -2.34. The molecule has 0 spiro atoms. The summed E-state index contributed by atoms with van der Waals surface area (Å²) in [4.78, 5) is 13.9. The molecule has 0 aliphatic rings. The SMILES string of the molecule is CC(C)C(=O)OC(c1ccccc1)C(C)N(C)C.Cl. The van der Waals surface area contributed by atoms with Crippen molar-refractivity contribution >= 4 is 18.4 Å². The lowest BCUT2D eigenvalue weighted by Gasteiger charge is -2.30. The number of halogens is 1. The van der Waals surface area contributed by atoms with Crippen molar-refractivity contribution in [1.82, 2.24) is 4.90 Å². The summed E-state index contributed by atoms with van der Waals surface area (Å²) in [6.07, 6.45) is -0.226. The number of ether oxygens (including phenoxy) is 1. The van der Waals surface area contributed by atoms with Gasteiger partial charge in [0, 0.05) is 6.04 Å². The van der Waals surface area contributed by atoms with Crippen LogP contribution in [0.3, 0.4) is 0 Å². The lowest BCUT2D eigenvalue weighted by molar-refractivity contribution is -0.156. The highest BCUT2D eigenvalue weighted by atomic mass is 35.5. The first-order chi connectivity index (χ1) is 8.43. The van der Waals surface area contributed by atoms with Gasteiger partial charge in [-0.1, -0.05) is 44.2 Å². The highest BCUT2D eigenvalue weighted by molar-refractivity contribution is 5.85. The normalized spacial score (nSPS) is 13.8. The maximum absolute atomic E-state index is 11.8. The molecule has 3 nitrogen and oxygen atoms in total. The van der Waals surface area contributed by atoms with Crippen LogP contribution in [-0.4, -0.2) is 31.0 Å². The fourth-order valence-corrected chi connectivity index (χ4v) is 1.62. The van der Waals surface area contributed by atoms with Crippen molar-refractivity contribution in [3.05, 3.63) is 35.9 Å². The van der Waals surface area contributed by atoms with E-state index in [4.69, 9.17) is 4.74 Å². The summed E-state index contributed by atoms with van der Waals surface area (Å²) in [6, 6.07) is 10.0. The quantitative estimate of drug-likeness (QED) is 0.778. The zero-order valence-electron chi connectivity index (χ0n) is 12.3. The Hall–Kier alpha value is -1.06. The van der Waals surface area contributed by atoms with Crippen LogP contribution in [0.5, 0.6) is 0 Å². The Morgan fingerprint density at radius 3 is 2.05 bits per heavy atom. The first-order valence-electron chi connectivity index (χ1n) is 6.35. The van der Waals surface area contributed by atoms with Crippen LogP contribution in [0.1, 0.15) is 32.4 Å². The number of likely N-dealkylation sites (N-methyl/N-ethyl adjacent to an activating group) is 1. The minimum atomic E-state index is -0.226. The Balaban J connectivity index is 0.00000324. The summed E-state index contributed by atoms with van der Waals surface area (Å²) in [5.74, 6) is -0.261. The summed E-state index contributed by atoms with van der Waals surface area (Å²) < 4.78 is 5.64. The minimum Gasteiger partial charge on any atom is -0.456 e. The van der Waals surface area contributed by atoms with Gasteiger partial charge in [0.05, 0.1) is 5.92 Å². The second-order valence-electron chi connectivity index (χ2n) is 5.13. The maximum atomic E-state index is 11.8. The molecule has 4 heteroatoms. The molecule has 1 aromatic rings. The van der Waals surface area contributed by atoms with Gasteiger partial charge in [-0.3, -0.25) is 4.79 Å². The second-order valence-corrected chi connectivity index (χ2v) is 5.13. The molecular formula is C15H24ClNO2. The average Bonchev–Trinajstić information content (AvgIpc) is 2.35. The van der Waals surface area contributed by atoms with Gasteiger partial charge in [-0.2, -0.15) is 0 Å². The fourth-order valence-electron chi connectivity index (χ4n) is 1.62. The molecule has 0 N–H and O–H groups in total. The summed E-state index contributed by atoms with van der Waals surface area (Å²) in [6.45, 7) is 5.76. The number of hydrogen-bond donors (Lipinski definition) is 0. The maximum Gasteiger partial charge on any atom is 0.309 e. The minimum absolute atomic E-state index is 0. The predicted octanol–water partition coefficient (Wildman–Crippen LogP) is 3.30. The topological polar surface area (TPSA) is 29.5 Å². The van der Waals surface area contributed by atoms with Crippen LogP contribution in [0, 0.1) is 5.92 Å². The highest BCUT2D eigenvalue weighted by Gasteiger charge is 2.25. The summed E-state index contributed by atoms with van der Waals surface area (Å²) in [5, 5.41) is 0. The Morgan fingerprint density at radius 2 is 1.63 bits per heavy atom. The van der Waals surface area contributed by atoms with Crippen molar-refractivity contribution in [2.24, 2.45) is 5.92 Å².